The highest BCUT2D eigenvalue weighted by molar-refractivity contribution is 5.16. The minimum Gasteiger partial charge on any atom is -0.505 e. The highest BCUT2D eigenvalue weighted by Gasteiger charge is 1.84. The molecule has 1 rings (SSSR count). The van der Waals surface area contributed by atoms with E-state index < -0.39 is 0 Å². The van der Waals surface area contributed by atoms with Crippen molar-refractivity contribution in [2.45, 2.75) is 12.8 Å². The SMILES string of the molecule is COC=CCc1ccccc1.N#CCC#N. The van der Waals surface area contributed by atoms with Crippen molar-refractivity contribution in [3.63, 3.8) is 0 Å². The molecule has 0 spiro atoms. The van der Waals surface area contributed by atoms with Gasteiger partial charge in [0.15, 0.2) is 0 Å². The third kappa shape index (κ3) is 8.34. The zero-order chi connectivity index (χ0) is 12.1. The van der Waals surface area contributed by atoms with Gasteiger partial charge in [-0.2, -0.15) is 10.5 Å². The molecule has 0 saturated heterocycles. The maximum Gasteiger partial charge on any atom is 0.122 e. The Kier molecular flexibility index (Phi) is 9.29. The first-order valence-corrected chi connectivity index (χ1v) is 4.80. The Morgan fingerprint density at radius 2 is 1.81 bits per heavy atom. The van der Waals surface area contributed by atoms with Crippen LogP contribution in [0.1, 0.15) is 12.0 Å². The summed E-state index contributed by atoms with van der Waals surface area (Å²) in [7, 11) is 1.65. The van der Waals surface area contributed by atoms with Crippen LogP contribution in [0.25, 0.3) is 0 Å². The summed E-state index contributed by atoms with van der Waals surface area (Å²) in [5.41, 5.74) is 1.31. The summed E-state index contributed by atoms with van der Waals surface area (Å²) in [6, 6.07) is 13.6. The van der Waals surface area contributed by atoms with Crippen molar-refractivity contribution in [2.75, 3.05) is 7.11 Å². The Bertz CT molecular complexity index is 359. The molecule has 1 aromatic rings. The highest BCUT2D eigenvalue weighted by Crippen LogP contribution is 1.99. The summed E-state index contributed by atoms with van der Waals surface area (Å²) in [6.07, 6.45) is 4.64. The molecule has 0 aliphatic heterocycles. The molecule has 0 bridgehead atoms. The zero-order valence-electron chi connectivity index (χ0n) is 9.26. The van der Waals surface area contributed by atoms with Gasteiger partial charge in [0, 0.05) is 0 Å². The number of methoxy groups -OCH3 is 1. The Labute approximate surface area is 96.2 Å². The van der Waals surface area contributed by atoms with Crippen molar-refractivity contribution in [1.82, 2.24) is 0 Å². The fourth-order valence-electron chi connectivity index (χ4n) is 0.930. The monoisotopic (exact) mass is 214 g/mol. The van der Waals surface area contributed by atoms with Crippen LogP contribution in [0.5, 0.6) is 0 Å². The number of hydrogen-bond acceptors (Lipinski definition) is 3. The average Bonchev–Trinajstić information content (AvgIpc) is 2.33. The van der Waals surface area contributed by atoms with Crippen molar-refractivity contribution in [1.29, 1.82) is 10.5 Å². The number of rotatable bonds is 3. The van der Waals surface area contributed by atoms with Gasteiger partial charge in [-0.1, -0.05) is 30.3 Å². The molecule has 0 aliphatic rings. The predicted molar refractivity (Wildman–Crippen MR) is 62.1 cm³/mol. The van der Waals surface area contributed by atoms with Crippen molar-refractivity contribution < 1.29 is 4.74 Å². The van der Waals surface area contributed by atoms with Gasteiger partial charge in [0.2, 0.25) is 0 Å². The minimum absolute atomic E-state index is 0. The molecule has 0 aromatic heterocycles. The third-order valence-corrected chi connectivity index (χ3v) is 1.59. The van der Waals surface area contributed by atoms with Gasteiger partial charge in [-0.25, -0.2) is 0 Å². The molecule has 0 saturated carbocycles. The number of nitrogens with zero attached hydrogens (tertiary/aromatic N) is 2. The van der Waals surface area contributed by atoms with Crippen LogP contribution in [0.2, 0.25) is 0 Å². The molecule has 0 atom stereocenters. The molecular formula is C13H14N2O. The Balaban J connectivity index is 0.000000385. The lowest BCUT2D eigenvalue weighted by Gasteiger charge is -1.93. The molecule has 0 aliphatic carbocycles. The largest absolute Gasteiger partial charge is 0.505 e. The first kappa shape index (κ1) is 13.7. The van der Waals surface area contributed by atoms with Crippen LogP contribution in [0.15, 0.2) is 42.7 Å². The van der Waals surface area contributed by atoms with Gasteiger partial charge in [0.25, 0.3) is 0 Å². The molecule has 3 heteroatoms. The van der Waals surface area contributed by atoms with E-state index in [0.717, 1.165) is 6.42 Å². The third-order valence-electron chi connectivity index (χ3n) is 1.59. The summed E-state index contributed by atoms with van der Waals surface area (Å²) < 4.78 is 4.78. The number of allylic oxidation sites excluding steroid dienone is 1. The van der Waals surface area contributed by atoms with E-state index in [1.807, 2.05) is 24.3 Å². The van der Waals surface area contributed by atoms with Gasteiger partial charge in [-0.3, -0.25) is 0 Å². The summed E-state index contributed by atoms with van der Waals surface area (Å²) in [4.78, 5) is 0. The Hall–Kier alpha value is -2.26. The topological polar surface area (TPSA) is 56.8 Å². The second kappa shape index (κ2) is 10.8. The van der Waals surface area contributed by atoms with Gasteiger partial charge in [0.1, 0.15) is 6.42 Å². The second-order valence-corrected chi connectivity index (χ2v) is 2.79. The van der Waals surface area contributed by atoms with E-state index in [1.54, 1.807) is 25.5 Å². The van der Waals surface area contributed by atoms with E-state index in [4.69, 9.17) is 15.3 Å². The summed E-state index contributed by atoms with van der Waals surface area (Å²) >= 11 is 0. The van der Waals surface area contributed by atoms with Crippen molar-refractivity contribution in [3.8, 4) is 12.1 Å². The van der Waals surface area contributed by atoms with Gasteiger partial charge < -0.3 is 4.74 Å². The van der Waals surface area contributed by atoms with E-state index in [0.29, 0.717) is 0 Å². The quantitative estimate of drug-likeness (QED) is 0.727. The Morgan fingerprint density at radius 1 is 1.19 bits per heavy atom. The lowest BCUT2D eigenvalue weighted by atomic mass is 10.2. The van der Waals surface area contributed by atoms with E-state index in [-0.39, 0.29) is 6.42 Å². The van der Waals surface area contributed by atoms with Crippen molar-refractivity contribution in [2.24, 2.45) is 0 Å². The number of hydrogen-bond donors (Lipinski definition) is 0. The predicted octanol–water partition coefficient (Wildman–Crippen LogP) is 2.81. The first-order chi connectivity index (χ1) is 7.85. The Morgan fingerprint density at radius 3 is 2.25 bits per heavy atom. The van der Waals surface area contributed by atoms with Gasteiger partial charge in [-0.05, 0) is 18.1 Å². The van der Waals surface area contributed by atoms with Crippen LogP contribution in [-0.4, -0.2) is 7.11 Å². The van der Waals surface area contributed by atoms with E-state index in [1.165, 1.54) is 5.56 Å². The number of ether oxygens (including phenoxy) is 1. The van der Waals surface area contributed by atoms with Gasteiger partial charge in [0.05, 0.1) is 25.5 Å². The molecule has 0 heterocycles. The number of nitriles is 2. The van der Waals surface area contributed by atoms with Crippen molar-refractivity contribution in [3.05, 3.63) is 48.2 Å². The molecule has 0 unspecified atom stereocenters. The summed E-state index contributed by atoms with van der Waals surface area (Å²) in [5, 5.41) is 15.2. The second-order valence-electron chi connectivity index (χ2n) is 2.79. The van der Waals surface area contributed by atoms with Crippen LogP contribution in [0.3, 0.4) is 0 Å². The number of benzene rings is 1. The molecule has 0 N–H and O–H groups in total. The zero-order valence-corrected chi connectivity index (χ0v) is 9.26. The van der Waals surface area contributed by atoms with Gasteiger partial charge >= 0.3 is 0 Å². The van der Waals surface area contributed by atoms with Gasteiger partial charge in [-0.15, -0.1) is 0 Å². The van der Waals surface area contributed by atoms with Crippen LogP contribution >= 0.6 is 0 Å². The first-order valence-electron chi connectivity index (χ1n) is 4.80. The maximum atomic E-state index is 7.59. The summed E-state index contributed by atoms with van der Waals surface area (Å²) in [5.74, 6) is 0. The van der Waals surface area contributed by atoms with E-state index >= 15 is 0 Å². The molecule has 82 valence electrons. The van der Waals surface area contributed by atoms with E-state index in [2.05, 4.69) is 12.1 Å². The van der Waals surface area contributed by atoms with Crippen LogP contribution in [0, 0.1) is 22.7 Å². The van der Waals surface area contributed by atoms with Crippen LogP contribution < -0.4 is 0 Å². The smallest absolute Gasteiger partial charge is 0.122 e. The molecule has 0 fully saturated rings. The van der Waals surface area contributed by atoms with E-state index in [9.17, 15) is 0 Å². The highest BCUT2D eigenvalue weighted by atomic mass is 16.5. The minimum atomic E-state index is 0. The maximum absolute atomic E-state index is 7.59. The lowest BCUT2D eigenvalue weighted by Crippen LogP contribution is -1.78. The fourth-order valence-corrected chi connectivity index (χ4v) is 0.930. The average molecular weight is 214 g/mol. The molecular weight excluding hydrogens is 200 g/mol. The molecule has 0 amide bonds. The normalized spacial score (nSPS) is 8.44. The standard InChI is InChI=1S/C10H12O.C3H2N2/c1-11-9-5-8-10-6-3-2-4-7-10;4-2-1-3-5/h2-7,9H,8H2,1H3;1H2. The molecule has 1 aromatic carbocycles. The fraction of sp³-hybridized carbons (Fsp3) is 0.231. The van der Waals surface area contributed by atoms with Crippen LogP contribution in [-0.2, 0) is 11.2 Å². The molecule has 3 nitrogen and oxygen atoms in total. The van der Waals surface area contributed by atoms with Crippen LogP contribution in [0.4, 0.5) is 0 Å². The van der Waals surface area contributed by atoms with Crippen molar-refractivity contribution >= 4 is 0 Å². The summed E-state index contributed by atoms with van der Waals surface area (Å²) in [6.45, 7) is 0. The lowest BCUT2D eigenvalue weighted by molar-refractivity contribution is 0.337. The molecule has 16 heavy (non-hydrogen) atoms. The molecule has 0 radical (unpaired) electrons.